The fourth-order valence-electron chi connectivity index (χ4n) is 2.08. The van der Waals surface area contributed by atoms with Crippen LogP contribution < -0.4 is 5.32 Å². The molecule has 0 unspecified atom stereocenters. The molecule has 0 heterocycles. The molecule has 2 rings (SSSR count). The minimum Gasteiger partial charge on any atom is -0.306 e. The molecule has 1 N–H and O–H groups in total. The van der Waals surface area contributed by atoms with Crippen molar-refractivity contribution in [3.8, 4) is 0 Å². The molecular weight excluding hydrogens is 282 g/mol. The zero-order valence-electron chi connectivity index (χ0n) is 12.4. The maximum Gasteiger partial charge on any atom is 0.176 e. The van der Waals surface area contributed by atoms with Crippen LogP contribution >= 0.6 is 11.6 Å². The molecule has 0 saturated carbocycles. The third kappa shape index (κ3) is 4.69. The molecule has 0 aromatic heterocycles. The summed E-state index contributed by atoms with van der Waals surface area (Å²) in [5.74, 6) is 0.594. The lowest BCUT2D eigenvalue weighted by molar-refractivity contribution is 0.0991. The molecule has 0 spiro atoms. The van der Waals surface area contributed by atoms with E-state index in [1.807, 2.05) is 48.5 Å². The van der Waals surface area contributed by atoms with Crippen LogP contribution in [0, 0.1) is 0 Å². The molecule has 2 aromatic carbocycles. The zero-order valence-corrected chi connectivity index (χ0v) is 13.2. The van der Waals surface area contributed by atoms with Crippen molar-refractivity contribution in [2.75, 3.05) is 6.54 Å². The monoisotopic (exact) mass is 301 g/mol. The SMILES string of the molecule is CC(C)c1ccc(C(=O)CNCc2ccc(Cl)cc2)cc1. The summed E-state index contributed by atoms with van der Waals surface area (Å²) in [5, 5.41) is 3.89. The Labute approximate surface area is 131 Å². The van der Waals surface area contributed by atoms with Crippen LogP contribution in [-0.2, 0) is 6.54 Å². The van der Waals surface area contributed by atoms with Crippen LogP contribution in [0.2, 0.25) is 5.02 Å². The lowest BCUT2D eigenvalue weighted by Crippen LogP contribution is -2.22. The second kappa shape index (κ2) is 7.39. The van der Waals surface area contributed by atoms with Crippen LogP contribution in [0.5, 0.6) is 0 Å². The van der Waals surface area contributed by atoms with Gasteiger partial charge in [-0.25, -0.2) is 0 Å². The molecule has 0 aliphatic rings. The fraction of sp³-hybridized carbons (Fsp3) is 0.278. The van der Waals surface area contributed by atoms with Crippen molar-refractivity contribution < 1.29 is 4.79 Å². The lowest BCUT2D eigenvalue weighted by Gasteiger charge is -2.07. The smallest absolute Gasteiger partial charge is 0.176 e. The number of carbonyl (C=O) groups excluding carboxylic acids is 1. The second-order valence-corrected chi connectivity index (χ2v) is 5.87. The number of Topliss-reactive ketones (excluding diaryl/α,β-unsaturated/α-hetero) is 1. The predicted molar refractivity (Wildman–Crippen MR) is 88.0 cm³/mol. The Balaban J connectivity index is 1.85. The van der Waals surface area contributed by atoms with Crippen LogP contribution in [0.15, 0.2) is 48.5 Å². The number of carbonyl (C=O) groups is 1. The van der Waals surface area contributed by atoms with E-state index in [9.17, 15) is 4.79 Å². The van der Waals surface area contributed by atoms with Gasteiger partial charge in [-0.3, -0.25) is 4.79 Å². The van der Waals surface area contributed by atoms with Gasteiger partial charge in [-0.15, -0.1) is 0 Å². The summed E-state index contributed by atoms with van der Waals surface area (Å²) < 4.78 is 0. The van der Waals surface area contributed by atoms with Crippen LogP contribution in [0.3, 0.4) is 0 Å². The fourth-order valence-corrected chi connectivity index (χ4v) is 2.20. The molecule has 0 aliphatic heterocycles. The van der Waals surface area contributed by atoms with Gasteiger partial charge in [0.2, 0.25) is 0 Å². The average Bonchev–Trinajstić information content (AvgIpc) is 2.49. The summed E-state index contributed by atoms with van der Waals surface area (Å²) in [5.41, 5.74) is 3.12. The molecule has 110 valence electrons. The Hall–Kier alpha value is -1.64. The molecular formula is C18H20ClNO. The van der Waals surface area contributed by atoms with Crippen molar-refractivity contribution in [2.24, 2.45) is 0 Å². The lowest BCUT2D eigenvalue weighted by atomic mass is 10.0. The van der Waals surface area contributed by atoms with Crippen molar-refractivity contribution in [2.45, 2.75) is 26.3 Å². The third-order valence-electron chi connectivity index (χ3n) is 3.43. The average molecular weight is 302 g/mol. The molecule has 0 aliphatic carbocycles. The standard InChI is InChI=1S/C18H20ClNO/c1-13(2)15-5-7-16(8-6-15)18(21)12-20-11-14-3-9-17(19)10-4-14/h3-10,13,20H,11-12H2,1-2H3. The van der Waals surface area contributed by atoms with Gasteiger partial charge in [0, 0.05) is 17.1 Å². The summed E-state index contributed by atoms with van der Waals surface area (Å²) in [6.45, 7) is 5.28. The minimum atomic E-state index is 0.110. The van der Waals surface area contributed by atoms with Gasteiger partial charge in [-0.1, -0.05) is 61.8 Å². The van der Waals surface area contributed by atoms with Crippen molar-refractivity contribution >= 4 is 17.4 Å². The van der Waals surface area contributed by atoms with Crippen molar-refractivity contribution in [3.63, 3.8) is 0 Å². The summed E-state index contributed by atoms with van der Waals surface area (Å²) in [7, 11) is 0. The van der Waals surface area contributed by atoms with Crippen molar-refractivity contribution in [1.82, 2.24) is 5.32 Å². The Morgan fingerprint density at radius 2 is 1.67 bits per heavy atom. The van der Waals surface area contributed by atoms with Gasteiger partial charge in [0.05, 0.1) is 6.54 Å². The van der Waals surface area contributed by atoms with E-state index >= 15 is 0 Å². The normalized spacial score (nSPS) is 10.9. The Bertz CT molecular complexity index is 588. The summed E-state index contributed by atoms with van der Waals surface area (Å²) in [4.78, 5) is 12.1. The highest BCUT2D eigenvalue weighted by Crippen LogP contribution is 2.15. The van der Waals surface area contributed by atoms with E-state index < -0.39 is 0 Å². The highest BCUT2D eigenvalue weighted by molar-refractivity contribution is 6.30. The van der Waals surface area contributed by atoms with E-state index in [1.54, 1.807) is 0 Å². The first kappa shape index (κ1) is 15.7. The zero-order chi connectivity index (χ0) is 15.2. The number of halogens is 1. The summed E-state index contributed by atoms with van der Waals surface area (Å²) in [6, 6.07) is 15.5. The molecule has 3 heteroatoms. The summed E-state index contributed by atoms with van der Waals surface area (Å²) >= 11 is 5.84. The molecule has 0 atom stereocenters. The second-order valence-electron chi connectivity index (χ2n) is 5.43. The largest absolute Gasteiger partial charge is 0.306 e. The van der Waals surface area contributed by atoms with Crippen molar-refractivity contribution in [3.05, 3.63) is 70.2 Å². The molecule has 21 heavy (non-hydrogen) atoms. The number of nitrogens with one attached hydrogen (secondary N) is 1. The van der Waals surface area contributed by atoms with Crippen LogP contribution in [0.4, 0.5) is 0 Å². The Kier molecular flexibility index (Phi) is 5.54. The minimum absolute atomic E-state index is 0.110. The maximum absolute atomic E-state index is 12.1. The first-order valence-corrected chi connectivity index (χ1v) is 7.52. The van der Waals surface area contributed by atoms with Gasteiger partial charge in [0.25, 0.3) is 0 Å². The summed E-state index contributed by atoms with van der Waals surface area (Å²) in [6.07, 6.45) is 0. The van der Waals surface area contributed by atoms with E-state index in [-0.39, 0.29) is 5.78 Å². The van der Waals surface area contributed by atoms with E-state index in [2.05, 4.69) is 19.2 Å². The molecule has 0 bridgehead atoms. The Morgan fingerprint density at radius 1 is 1.05 bits per heavy atom. The number of hydrogen-bond acceptors (Lipinski definition) is 2. The van der Waals surface area contributed by atoms with Crippen LogP contribution in [-0.4, -0.2) is 12.3 Å². The van der Waals surface area contributed by atoms with E-state index in [0.717, 1.165) is 16.1 Å². The van der Waals surface area contributed by atoms with Gasteiger partial charge >= 0.3 is 0 Å². The van der Waals surface area contributed by atoms with Crippen LogP contribution in [0.1, 0.15) is 41.3 Å². The molecule has 0 radical (unpaired) electrons. The first-order chi connectivity index (χ1) is 10.1. The highest BCUT2D eigenvalue weighted by Gasteiger charge is 2.06. The molecule has 0 fully saturated rings. The first-order valence-electron chi connectivity index (χ1n) is 7.14. The van der Waals surface area contributed by atoms with Gasteiger partial charge < -0.3 is 5.32 Å². The van der Waals surface area contributed by atoms with E-state index in [1.165, 1.54) is 5.56 Å². The molecule has 0 saturated heterocycles. The molecule has 2 nitrogen and oxygen atoms in total. The predicted octanol–water partition coefficient (Wildman–Crippen LogP) is 4.44. The van der Waals surface area contributed by atoms with Gasteiger partial charge in [0.1, 0.15) is 0 Å². The van der Waals surface area contributed by atoms with Crippen LogP contribution in [0.25, 0.3) is 0 Å². The molecule has 2 aromatic rings. The van der Waals surface area contributed by atoms with E-state index in [0.29, 0.717) is 19.0 Å². The number of rotatable bonds is 6. The molecule has 0 amide bonds. The number of hydrogen-bond donors (Lipinski definition) is 1. The maximum atomic E-state index is 12.1. The quantitative estimate of drug-likeness (QED) is 0.799. The third-order valence-corrected chi connectivity index (χ3v) is 3.68. The highest BCUT2D eigenvalue weighted by atomic mass is 35.5. The van der Waals surface area contributed by atoms with E-state index in [4.69, 9.17) is 11.6 Å². The van der Waals surface area contributed by atoms with Crippen molar-refractivity contribution in [1.29, 1.82) is 0 Å². The van der Waals surface area contributed by atoms with Gasteiger partial charge in [-0.2, -0.15) is 0 Å². The van der Waals surface area contributed by atoms with Gasteiger partial charge in [0.15, 0.2) is 5.78 Å². The van der Waals surface area contributed by atoms with Gasteiger partial charge in [-0.05, 0) is 29.2 Å². The number of benzene rings is 2. The Morgan fingerprint density at radius 3 is 2.24 bits per heavy atom. The topological polar surface area (TPSA) is 29.1 Å². The number of ketones is 1.